The van der Waals surface area contributed by atoms with E-state index in [2.05, 4.69) is 16.1 Å². The molecule has 0 radical (unpaired) electrons. The van der Waals surface area contributed by atoms with Crippen LogP contribution >= 0.6 is 0 Å². The maximum absolute atomic E-state index is 13.1. The molecule has 28 heavy (non-hydrogen) atoms. The molecule has 0 saturated carbocycles. The van der Waals surface area contributed by atoms with Crippen molar-refractivity contribution in [3.8, 4) is 0 Å². The van der Waals surface area contributed by atoms with Crippen molar-refractivity contribution in [3.05, 3.63) is 59.9 Å². The molecule has 1 amide bonds. The van der Waals surface area contributed by atoms with Gasteiger partial charge in [-0.25, -0.2) is 9.82 Å². The fourth-order valence-electron chi connectivity index (χ4n) is 3.93. The summed E-state index contributed by atoms with van der Waals surface area (Å²) < 4.78 is 13.0. The van der Waals surface area contributed by atoms with Crippen molar-refractivity contribution in [2.45, 2.75) is 26.1 Å². The molecule has 0 aliphatic carbocycles. The van der Waals surface area contributed by atoms with E-state index in [1.165, 1.54) is 24.3 Å². The Balaban J connectivity index is 1.49. The van der Waals surface area contributed by atoms with Crippen molar-refractivity contribution in [2.75, 3.05) is 16.9 Å². The molecule has 2 aromatic carbocycles. The highest BCUT2D eigenvalue weighted by Crippen LogP contribution is 2.32. The highest BCUT2D eigenvalue weighted by atomic mass is 19.1. The minimum absolute atomic E-state index is 0.0852. The number of hydrogen-bond donors (Lipinski definition) is 3. The minimum Gasteiger partial charge on any atom is -0.325 e. The number of anilines is 2. The summed E-state index contributed by atoms with van der Waals surface area (Å²) in [6.45, 7) is 4.23. The van der Waals surface area contributed by atoms with Gasteiger partial charge in [0.05, 0.1) is 11.6 Å². The van der Waals surface area contributed by atoms with Crippen LogP contribution in [-0.4, -0.2) is 30.4 Å². The van der Waals surface area contributed by atoms with E-state index < -0.39 is 5.92 Å². The average molecular weight is 382 g/mol. The first kappa shape index (κ1) is 18.6. The Labute approximate surface area is 163 Å². The first-order valence-corrected chi connectivity index (χ1v) is 9.39. The lowest BCUT2D eigenvalue weighted by Gasteiger charge is -2.35. The highest BCUT2D eigenvalue weighted by Gasteiger charge is 2.50. The molecule has 2 aliphatic heterocycles. The number of nitrogens with zero attached hydrogens (tertiary/aromatic N) is 1. The van der Waals surface area contributed by atoms with Gasteiger partial charge in [-0.3, -0.25) is 19.9 Å². The van der Waals surface area contributed by atoms with Crippen molar-refractivity contribution in [3.63, 3.8) is 0 Å². The molecule has 4 atom stereocenters. The quantitative estimate of drug-likeness (QED) is 0.710. The number of fused-ring (bicyclic) bond motifs is 1. The molecule has 3 N–H and O–H groups in total. The van der Waals surface area contributed by atoms with Crippen molar-refractivity contribution < 1.29 is 14.0 Å². The Hall–Kier alpha value is -2.77. The van der Waals surface area contributed by atoms with Gasteiger partial charge in [-0.1, -0.05) is 17.7 Å². The number of Topliss-reactive ketones (excluding diaryl/α,β-unsaturated/α-hetero) is 1. The largest absolute Gasteiger partial charge is 0.325 e. The van der Waals surface area contributed by atoms with Crippen LogP contribution < -0.4 is 21.1 Å². The third-order valence-electron chi connectivity index (χ3n) is 5.44. The maximum Gasteiger partial charge on any atom is 0.236 e. The van der Waals surface area contributed by atoms with Gasteiger partial charge in [0.2, 0.25) is 5.91 Å². The van der Waals surface area contributed by atoms with Crippen molar-refractivity contribution in [1.82, 2.24) is 10.7 Å². The van der Waals surface area contributed by atoms with Crippen LogP contribution in [0.5, 0.6) is 0 Å². The monoisotopic (exact) mass is 382 g/mol. The van der Waals surface area contributed by atoms with E-state index in [0.717, 1.165) is 11.3 Å². The molecule has 6 nitrogen and oxygen atoms in total. The van der Waals surface area contributed by atoms with E-state index in [-0.39, 0.29) is 42.2 Å². The Morgan fingerprint density at radius 1 is 1.14 bits per heavy atom. The van der Waals surface area contributed by atoms with Gasteiger partial charge < -0.3 is 5.32 Å². The summed E-state index contributed by atoms with van der Waals surface area (Å²) >= 11 is 0. The van der Waals surface area contributed by atoms with E-state index in [1.807, 2.05) is 43.1 Å². The number of hydrogen-bond acceptors (Lipinski definition) is 5. The first-order chi connectivity index (χ1) is 13.4. The van der Waals surface area contributed by atoms with Crippen LogP contribution in [0.15, 0.2) is 48.5 Å². The number of ketones is 1. The first-order valence-electron chi connectivity index (χ1n) is 9.39. The molecule has 7 heteroatoms. The fraction of sp³-hybridized carbons (Fsp3) is 0.333. The molecule has 0 spiro atoms. The molecule has 0 aromatic heterocycles. The number of carbonyl (C=O) groups excluding carboxylic acids is 2. The summed E-state index contributed by atoms with van der Waals surface area (Å²) in [5.74, 6) is -1.97. The Bertz CT molecular complexity index is 884. The lowest BCUT2D eigenvalue weighted by molar-refractivity contribution is -0.136. The number of carbonyl (C=O) groups is 2. The SMILES string of the molecule is Cc1ccc(N2NC(C)C3C(=O)C(C(=O)Nc4ccc(F)cc4)CNC32)cc1. The molecule has 2 aliphatic rings. The third kappa shape index (κ3) is 3.39. The number of piperidine rings is 1. The molecular formula is C21H23FN4O2. The zero-order valence-corrected chi connectivity index (χ0v) is 15.8. The molecule has 4 rings (SSSR count). The van der Waals surface area contributed by atoms with E-state index in [0.29, 0.717) is 5.69 Å². The molecule has 2 fully saturated rings. The number of amides is 1. The summed E-state index contributed by atoms with van der Waals surface area (Å²) in [4.78, 5) is 25.8. The number of aryl methyl sites for hydroxylation is 1. The summed E-state index contributed by atoms with van der Waals surface area (Å²) in [7, 11) is 0. The molecule has 2 aromatic rings. The van der Waals surface area contributed by atoms with Crippen LogP contribution in [0.25, 0.3) is 0 Å². The lowest BCUT2D eigenvalue weighted by Crippen LogP contribution is -2.58. The standard InChI is InChI=1S/C21H23FN4O2/c1-12-3-9-16(10-4-12)26-20-18(13(2)25-26)19(27)17(11-23-20)21(28)24-15-7-5-14(22)6-8-15/h3-10,13,17-18,20,23,25H,11H2,1-2H3,(H,24,28). The van der Waals surface area contributed by atoms with Gasteiger partial charge in [-0.2, -0.15) is 0 Å². The second-order valence-electron chi connectivity index (χ2n) is 7.45. The highest BCUT2D eigenvalue weighted by molar-refractivity contribution is 6.09. The van der Waals surface area contributed by atoms with Crippen molar-refractivity contribution >= 4 is 23.1 Å². The number of hydrazine groups is 1. The summed E-state index contributed by atoms with van der Waals surface area (Å²) in [5.41, 5.74) is 5.96. The van der Waals surface area contributed by atoms with Gasteiger partial charge in [0.1, 0.15) is 17.9 Å². The normalized spacial score (nSPS) is 26.8. The van der Waals surface area contributed by atoms with E-state index in [1.54, 1.807) is 0 Å². The lowest BCUT2D eigenvalue weighted by atomic mass is 9.83. The van der Waals surface area contributed by atoms with Crippen LogP contribution in [0.1, 0.15) is 12.5 Å². The van der Waals surface area contributed by atoms with Crippen LogP contribution in [-0.2, 0) is 9.59 Å². The summed E-state index contributed by atoms with van der Waals surface area (Å²) in [5, 5.41) is 8.04. The van der Waals surface area contributed by atoms with Gasteiger partial charge in [-0.05, 0) is 50.2 Å². The Kier molecular flexibility index (Phi) is 4.87. The number of rotatable bonds is 3. The van der Waals surface area contributed by atoms with Crippen LogP contribution in [0, 0.1) is 24.6 Å². The van der Waals surface area contributed by atoms with Gasteiger partial charge in [0.25, 0.3) is 0 Å². The number of nitrogens with one attached hydrogen (secondary N) is 3. The average Bonchev–Trinajstić information content (AvgIpc) is 3.02. The topological polar surface area (TPSA) is 73.5 Å². The van der Waals surface area contributed by atoms with E-state index in [4.69, 9.17) is 0 Å². The molecule has 0 bridgehead atoms. The predicted octanol–water partition coefficient (Wildman–Crippen LogP) is 2.22. The molecular weight excluding hydrogens is 359 g/mol. The molecule has 2 saturated heterocycles. The maximum atomic E-state index is 13.1. The summed E-state index contributed by atoms with van der Waals surface area (Å²) in [6, 6.07) is 13.5. The Morgan fingerprint density at radius 2 is 1.82 bits per heavy atom. The zero-order chi connectivity index (χ0) is 19.8. The van der Waals surface area contributed by atoms with Gasteiger partial charge in [-0.15, -0.1) is 0 Å². The second-order valence-corrected chi connectivity index (χ2v) is 7.45. The van der Waals surface area contributed by atoms with E-state index in [9.17, 15) is 14.0 Å². The zero-order valence-electron chi connectivity index (χ0n) is 15.8. The van der Waals surface area contributed by atoms with Crippen LogP contribution in [0.3, 0.4) is 0 Å². The van der Waals surface area contributed by atoms with E-state index >= 15 is 0 Å². The Morgan fingerprint density at radius 3 is 2.50 bits per heavy atom. The van der Waals surface area contributed by atoms with Crippen LogP contribution in [0.4, 0.5) is 15.8 Å². The molecule has 4 unspecified atom stereocenters. The van der Waals surface area contributed by atoms with Crippen molar-refractivity contribution in [2.24, 2.45) is 11.8 Å². The predicted molar refractivity (Wildman–Crippen MR) is 105 cm³/mol. The smallest absolute Gasteiger partial charge is 0.236 e. The van der Waals surface area contributed by atoms with Gasteiger partial charge >= 0.3 is 0 Å². The second kappa shape index (κ2) is 7.33. The summed E-state index contributed by atoms with van der Waals surface area (Å²) in [6.07, 6.45) is -0.208. The fourth-order valence-corrected chi connectivity index (χ4v) is 3.93. The number of halogens is 1. The third-order valence-corrected chi connectivity index (χ3v) is 5.44. The minimum atomic E-state index is -0.784. The van der Waals surface area contributed by atoms with Crippen LogP contribution in [0.2, 0.25) is 0 Å². The molecule has 146 valence electrons. The number of benzene rings is 2. The van der Waals surface area contributed by atoms with Gasteiger partial charge in [0.15, 0.2) is 5.78 Å². The van der Waals surface area contributed by atoms with Crippen molar-refractivity contribution in [1.29, 1.82) is 0 Å². The van der Waals surface area contributed by atoms with Gasteiger partial charge in [0, 0.05) is 18.3 Å². The molecule has 2 heterocycles.